The summed E-state index contributed by atoms with van der Waals surface area (Å²) in [5, 5.41) is 4.35. The van der Waals surface area contributed by atoms with Gasteiger partial charge in [-0.3, -0.25) is 15.2 Å². The first-order chi connectivity index (χ1) is 19.3. The van der Waals surface area contributed by atoms with Gasteiger partial charge in [0.1, 0.15) is 29.7 Å². The molecule has 2 heterocycles. The number of nitrogens with one attached hydrogen (secondary N) is 1. The van der Waals surface area contributed by atoms with Gasteiger partial charge >= 0.3 is 6.18 Å². The van der Waals surface area contributed by atoms with Crippen LogP contribution in [0.3, 0.4) is 0 Å². The quantitative estimate of drug-likeness (QED) is 0.240. The lowest BCUT2D eigenvalue weighted by Crippen LogP contribution is -2.39. The molecule has 2 aromatic carbocycles. The predicted octanol–water partition coefficient (Wildman–Crippen LogP) is 4.28. The van der Waals surface area contributed by atoms with E-state index in [4.69, 9.17) is 31.4 Å². The van der Waals surface area contributed by atoms with Crippen molar-refractivity contribution in [2.45, 2.75) is 31.7 Å². The molecule has 4 rings (SSSR count). The molecule has 218 valence electrons. The van der Waals surface area contributed by atoms with Crippen LogP contribution in [0.15, 0.2) is 53.7 Å². The maximum Gasteiger partial charge on any atom is 0.416 e. The van der Waals surface area contributed by atoms with Crippen LogP contribution in [-0.4, -0.2) is 86.2 Å². The summed E-state index contributed by atoms with van der Waals surface area (Å²) in [6, 6.07) is 12.3. The highest BCUT2D eigenvalue weighted by Gasteiger charge is 2.30. The van der Waals surface area contributed by atoms with Crippen molar-refractivity contribution in [2.75, 3.05) is 59.6 Å². The number of alkyl halides is 3. The minimum atomic E-state index is -4.37. The Bertz CT molecular complexity index is 1100. The van der Waals surface area contributed by atoms with E-state index in [2.05, 4.69) is 27.5 Å². The Morgan fingerprint density at radius 2 is 1.70 bits per heavy atom. The van der Waals surface area contributed by atoms with E-state index >= 15 is 0 Å². The minimum absolute atomic E-state index is 0.0516. The van der Waals surface area contributed by atoms with Crippen molar-refractivity contribution in [3.05, 3.63) is 65.2 Å². The Morgan fingerprint density at radius 3 is 2.35 bits per heavy atom. The number of thiocarbonyl (C=S) groups is 1. The van der Waals surface area contributed by atoms with E-state index in [1.54, 1.807) is 0 Å². The van der Waals surface area contributed by atoms with Crippen molar-refractivity contribution in [3.8, 4) is 5.75 Å². The van der Waals surface area contributed by atoms with Crippen molar-refractivity contribution in [1.29, 1.82) is 0 Å². The number of oxime groups is 1. The summed E-state index contributed by atoms with van der Waals surface area (Å²) < 4.78 is 49.7. The highest BCUT2D eigenvalue weighted by atomic mass is 32.1. The second-order valence-corrected chi connectivity index (χ2v) is 10.3. The zero-order valence-corrected chi connectivity index (χ0v) is 23.3. The van der Waals surface area contributed by atoms with Crippen molar-refractivity contribution >= 4 is 22.9 Å². The van der Waals surface area contributed by atoms with Crippen LogP contribution < -0.4 is 10.2 Å². The second kappa shape index (κ2) is 14.7. The molecule has 0 aliphatic carbocycles. The van der Waals surface area contributed by atoms with E-state index in [0.29, 0.717) is 41.8 Å². The molecule has 0 saturated carbocycles. The Balaban J connectivity index is 1.31. The van der Waals surface area contributed by atoms with Gasteiger partial charge in [0.2, 0.25) is 0 Å². The van der Waals surface area contributed by atoms with Gasteiger partial charge in [0.15, 0.2) is 0 Å². The van der Waals surface area contributed by atoms with E-state index in [1.165, 1.54) is 12.1 Å². The maximum atomic E-state index is 12.8. The first kappa shape index (κ1) is 30.2. The summed E-state index contributed by atoms with van der Waals surface area (Å²) in [5.74, 6) is 0.642. The molecule has 40 heavy (non-hydrogen) atoms. The third kappa shape index (κ3) is 9.70. The van der Waals surface area contributed by atoms with E-state index in [0.717, 1.165) is 56.7 Å². The molecule has 0 unspecified atom stereocenters. The molecular formula is C28H35F3N4O4S. The number of rotatable bonds is 11. The van der Waals surface area contributed by atoms with Crippen LogP contribution in [0.25, 0.3) is 0 Å². The molecule has 0 amide bonds. The number of ether oxygens (including phenoxy) is 2. The van der Waals surface area contributed by atoms with Crippen molar-refractivity contribution in [3.63, 3.8) is 0 Å². The number of likely N-dealkylation sites (tertiary alicyclic amines) is 1. The smallest absolute Gasteiger partial charge is 0.416 e. The number of piperidine rings is 1. The van der Waals surface area contributed by atoms with Gasteiger partial charge in [-0.05, 0) is 61.9 Å². The van der Waals surface area contributed by atoms with Gasteiger partial charge in [-0.15, -0.1) is 0 Å². The summed E-state index contributed by atoms with van der Waals surface area (Å²) in [4.78, 5) is 16.2. The van der Waals surface area contributed by atoms with Crippen LogP contribution in [0.2, 0.25) is 0 Å². The molecule has 2 saturated heterocycles. The van der Waals surface area contributed by atoms with Crippen molar-refractivity contribution < 1.29 is 32.3 Å². The molecule has 1 N–H and O–H groups in total. The summed E-state index contributed by atoms with van der Waals surface area (Å²) in [7, 11) is 2.10. The van der Waals surface area contributed by atoms with Crippen LogP contribution >= 0.6 is 12.2 Å². The number of hydrogen-bond acceptors (Lipinski definition) is 8. The normalized spacial score (nSPS) is 17.9. The van der Waals surface area contributed by atoms with Gasteiger partial charge in [-0.25, -0.2) is 0 Å². The molecule has 2 aliphatic rings. The van der Waals surface area contributed by atoms with Gasteiger partial charge in [0, 0.05) is 38.3 Å². The molecule has 2 aliphatic heterocycles. The Hall–Kier alpha value is -2.77. The zero-order chi connectivity index (χ0) is 28.4. The Labute approximate surface area is 237 Å². The fourth-order valence-corrected chi connectivity index (χ4v) is 4.40. The van der Waals surface area contributed by atoms with Crippen LogP contribution in [0.5, 0.6) is 5.75 Å². The topological polar surface area (TPSA) is 67.8 Å². The van der Waals surface area contributed by atoms with E-state index in [9.17, 15) is 13.2 Å². The van der Waals surface area contributed by atoms with E-state index in [1.807, 2.05) is 24.3 Å². The number of hydrogen-bond donors (Lipinski definition) is 1. The highest BCUT2D eigenvalue weighted by molar-refractivity contribution is 7.80. The number of benzene rings is 2. The average Bonchev–Trinajstić information content (AvgIpc) is 2.96. The first-order valence-corrected chi connectivity index (χ1v) is 13.7. The van der Waals surface area contributed by atoms with Crippen LogP contribution in [0.4, 0.5) is 13.2 Å². The van der Waals surface area contributed by atoms with Gasteiger partial charge in [0.25, 0.3) is 0 Å². The Kier molecular flexibility index (Phi) is 11.1. The summed E-state index contributed by atoms with van der Waals surface area (Å²) >= 11 is 5.34. The molecule has 12 heteroatoms. The van der Waals surface area contributed by atoms with Gasteiger partial charge in [-0.1, -0.05) is 29.5 Å². The Morgan fingerprint density at radius 1 is 1.02 bits per heavy atom. The zero-order valence-electron chi connectivity index (χ0n) is 22.5. The first-order valence-electron chi connectivity index (χ1n) is 13.3. The summed E-state index contributed by atoms with van der Waals surface area (Å²) in [6.45, 7) is 5.59. The summed E-state index contributed by atoms with van der Waals surface area (Å²) in [6.07, 6.45) is -2.33. The lowest BCUT2D eigenvalue weighted by atomic mass is 10.1. The third-order valence-corrected chi connectivity index (χ3v) is 6.93. The molecule has 0 spiro atoms. The maximum absolute atomic E-state index is 12.8. The fraction of sp³-hybridized carbons (Fsp3) is 0.500. The van der Waals surface area contributed by atoms with Crippen LogP contribution in [0, 0.1) is 0 Å². The third-order valence-electron chi connectivity index (χ3n) is 6.73. The second-order valence-electron chi connectivity index (χ2n) is 9.85. The molecule has 0 atom stereocenters. The van der Waals surface area contributed by atoms with E-state index in [-0.39, 0.29) is 19.3 Å². The number of hydroxylamine groups is 1. The lowest BCUT2D eigenvalue weighted by Gasteiger charge is -2.28. The van der Waals surface area contributed by atoms with Crippen molar-refractivity contribution in [1.82, 2.24) is 15.3 Å². The van der Waals surface area contributed by atoms with E-state index < -0.39 is 11.7 Å². The van der Waals surface area contributed by atoms with Gasteiger partial charge < -0.3 is 19.2 Å². The van der Waals surface area contributed by atoms with Crippen molar-refractivity contribution in [2.24, 2.45) is 5.16 Å². The molecule has 2 aromatic rings. The molecule has 0 bridgehead atoms. The molecular weight excluding hydrogens is 545 g/mol. The van der Waals surface area contributed by atoms with Crippen LogP contribution in [0.1, 0.15) is 29.5 Å². The summed E-state index contributed by atoms with van der Waals surface area (Å²) in [5.41, 5.74) is 4.28. The minimum Gasteiger partial charge on any atom is -0.486 e. The number of morpholine rings is 1. The SMILES string of the molecule is CN1CCC(ONC(=S)COc2ccc(C(CN3CCOCC3)=NOCc3ccc(C(F)(F)F)cc3)cc2)CC1. The fourth-order valence-electron chi connectivity index (χ4n) is 4.29. The van der Waals surface area contributed by atoms with Crippen LogP contribution in [-0.2, 0) is 27.2 Å². The molecule has 0 radical (unpaired) electrons. The number of halogens is 3. The number of nitrogens with zero attached hydrogens (tertiary/aromatic N) is 3. The lowest BCUT2D eigenvalue weighted by molar-refractivity contribution is -0.137. The molecule has 2 fully saturated rings. The van der Waals surface area contributed by atoms with Gasteiger partial charge in [-0.2, -0.15) is 13.2 Å². The molecule has 8 nitrogen and oxygen atoms in total. The average molecular weight is 581 g/mol. The molecule has 0 aromatic heterocycles. The van der Waals surface area contributed by atoms with Gasteiger partial charge in [0.05, 0.1) is 24.9 Å². The standard InChI is InChI=1S/C28H35F3N4O4S/c1-34-12-10-25(11-13-34)39-33-27(40)20-37-24-8-4-22(5-9-24)26(18-35-14-16-36-17-15-35)32-38-19-21-2-6-23(7-3-21)28(29,30)31/h2-9,25H,10-20H2,1H3,(H,33,40). The monoisotopic (exact) mass is 580 g/mol. The highest BCUT2D eigenvalue weighted by Crippen LogP contribution is 2.29. The largest absolute Gasteiger partial charge is 0.486 e. The predicted molar refractivity (Wildman–Crippen MR) is 149 cm³/mol.